The highest BCUT2D eigenvalue weighted by molar-refractivity contribution is 6.00. The lowest BCUT2D eigenvalue weighted by Gasteiger charge is -2.10. The smallest absolute Gasteiger partial charge is 0.251 e. The van der Waals surface area contributed by atoms with Crippen LogP contribution in [0.2, 0.25) is 0 Å². The van der Waals surface area contributed by atoms with Crippen LogP contribution in [0.1, 0.15) is 15.9 Å². The molecule has 0 bridgehead atoms. The van der Waals surface area contributed by atoms with Crippen molar-refractivity contribution in [1.29, 1.82) is 0 Å². The summed E-state index contributed by atoms with van der Waals surface area (Å²) in [5, 5.41) is 10.0. The van der Waals surface area contributed by atoms with Crippen LogP contribution in [0.3, 0.4) is 0 Å². The summed E-state index contributed by atoms with van der Waals surface area (Å²) in [6, 6.07) is 12.2. The topological polar surface area (TPSA) is 93.1 Å². The van der Waals surface area contributed by atoms with Crippen molar-refractivity contribution in [1.82, 2.24) is 15.1 Å². The zero-order chi connectivity index (χ0) is 17.4. The molecule has 0 atom stereocenters. The van der Waals surface area contributed by atoms with Crippen molar-refractivity contribution in [2.75, 3.05) is 5.32 Å². The number of benzene rings is 2. The number of fused-ring (bicyclic) bond motifs is 2. The summed E-state index contributed by atoms with van der Waals surface area (Å²) in [5.41, 5.74) is 2.45. The number of carbonyl (C=O) groups excluding carboxylic acids is 2. The molecule has 3 aromatic rings. The number of nitrogens with one attached hydrogen (secondary N) is 2. The number of para-hydroxylation sites is 1. The SMILES string of the molecule is O=C(Cn1ncc(=O)c2ccccc21)Nc1ccc2c(c1)C(=O)NC2. The van der Waals surface area contributed by atoms with Gasteiger partial charge in [-0.2, -0.15) is 5.10 Å². The first-order valence-electron chi connectivity index (χ1n) is 7.78. The van der Waals surface area contributed by atoms with E-state index >= 15 is 0 Å². The average Bonchev–Trinajstić information content (AvgIpc) is 2.98. The van der Waals surface area contributed by atoms with Gasteiger partial charge in [0.25, 0.3) is 5.91 Å². The molecule has 1 aliphatic rings. The van der Waals surface area contributed by atoms with Crippen molar-refractivity contribution >= 4 is 28.4 Å². The highest BCUT2D eigenvalue weighted by Crippen LogP contribution is 2.20. The lowest BCUT2D eigenvalue weighted by molar-refractivity contribution is -0.116. The molecule has 0 radical (unpaired) electrons. The Hall–Kier alpha value is -3.48. The summed E-state index contributed by atoms with van der Waals surface area (Å²) in [4.78, 5) is 35.9. The Kier molecular flexibility index (Phi) is 3.53. The number of amides is 2. The first-order chi connectivity index (χ1) is 12.1. The minimum absolute atomic E-state index is 0.0376. The number of rotatable bonds is 3. The first-order valence-corrected chi connectivity index (χ1v) is 7.78. The number of nitrogens with zero attached hydrogens (tertiary/aromatic N) is 2. The van der Waals surface area contributed by atoms with Gasteiger partial charge >= 0.3 is 0 Å². The Bertz CT molecular complexity index is 1070. The van der Waals surface area contributed by atoms with Crippen LogP contribution in [0.15, 0.2) is 53.5 Å². The van der Waals surface area contributed by atoms with Crippen molar-refractivity contribution in [3.63, 3.8) is 0 Å². The predicted molar refractivity (Wildman–Crippen MR) is 92.2 cm³/mol. The molecule has 0 spiro atoms. The van der Waals surface area contributed by atoms with Crippen LogP contribution in [0, 0.1) is 0 Å². The van der Waals surface area contributed by atoms with Crippen molar-refractivity contribution in [3.05, 3.63) is 70.0 Å². The van der Waals surface area contributed by atoms with Crippen LogP contribution in [0.4, 0.5) is 5.69 Å². The van der Waals surface area contributed by atoms with Gasteiger partial charge in [-0.05, 0) is 29.8 Å². The molecule has 2 N–H and O–H groups in total. The van der Waals surface area contributed by atoms with E-state index in [2.05, 4.69) is 15.7 Å². The number of anilines is 1. The molecule has 2 amide bonds. The first kappa shape index (κ1) is 15.1. The molecule has 0 fully saturated rings. The van der Waals surface area contributed by atoms with Gasteiger partial charge in [-0.3, -0.25) is 19.1 Å². The van der Waals surface area contributed by atoms with E-state index in [-0.39, 0.29) is 23.8 Å². The zero-order valence-electron chi connectivity index (χ0n) is 13.2. The Balaban J connectivity index is 1.58. The highest BCUT2D eigenvalue weighted by atomic mass is 16.2. The third-order valence-corrected chi connectivity index (χ3v) is 4.13. The van der Waals surface area contributed by atoms with E-state index in [1.807, 2.05) is 6.07 Å². The molecule has 124 valence electrons. The third kappa shape index (κ3) is 2.76. The molecule has 4 rings (SSSR count). The summed E-state index contributed by atoms with van der Waals surface area (Å²) < 4.78 is 1.48. The fourth-order valence-corrected chi connectivity index (χ4v) is 2.91. The van der Waals surface area contributed by atoms with Crippen molar-refractivity contribution < 1.29 is 9.59 Å². The Morgan fingerprint density at radius 2 is 2.04 bits per heavy atom. The number of carbonyl (C=O) groups is 2. The van der Waals surface area contributed by atoms with Crippen LogP contribution in [-0.2, 0) is 17.9 Å². The predicted octanol–water partition coefficient (Wildman–Crippen LogP) is 1.28. The van der Waals surface area contributed by atoms with E-state index < -0.39 is 0 Å². The molecule has 0 aliphatic carbocycles. The second kappa shape index (κ2) is 5.86. The van der Waals surface area contributed by atoms with Gasteiger partial charge in [0, 0.05) is 23.2 Å². The van der Waals surface area contributed by atoms with E-state index in [1.165, 1.54) is 10.9 Å². The summed E-state index contributed by atoms with van der Waals surface area (Å²) in [6.07, 6.45) is 1.20. The summed E-state index contributed by atoms with van der Waals surface area (Å²) >= 11 is 0. The lowest BCUT2D eigenvalue weighted by Crippen LogP contribution is -2.22. The molecule has 7 heteroatoms. The molecule has 1 aliphatic heterocycles. The normalized spacial score (nSPS) is 12.7. The molecule has 25 heavy (non-hydrogen) atoms. The zero-order valence-corrected chi connectivity index (χ0v) is 13.2. The Labute approximate surface area is 142 Å². The third-order valence-electron chi connectivity index (χ3n) is 4.13. The van der Waals surface area contributed by atoms with Crippen LogP contribution in [0.5, 0.6) is 0 Å². The van der Waals surface area contributed by atoms with Gasteiger partial charge < -0.3 is 10.6 Å². The van der Waals surface area contributed by atoms with E-state index in [4.69, 9.17) is 0 Å². The second-order valence-corrected chi connectivity index (χ2v) is 5.79. The van der Waals surface area contributed by atoms with Crippen molar-refractivity contribution in [3.8, 4) is 0 Å². The molecule has 2 heterocycles. The molecule has 0 unspecified atom stereocenters. The Morgan fingerprint density at radius 3 is 2.92 bits per heavy atom. The van der Waals surface area contributed by atoms with Gasteiger partial charge in [-0.1, -0.05) is 18.2 Å². The largest absolute Gasteiger partial charge is 0.348 e. The minimum atomic E-state index is -0.292. The minimum Gasteiger partial charge on any atom is -0.348 e. The number of hydrogen-bond donors (Lipinski definition) is 2. The van der Waals surface area contributed by atoms with E-state index in [1.54, 1.807) is 36.4 Å². The highest BCUT2D eigenvalue weighted by Gasteiger charge is 2.19. The number of aromatic nitrogens is 2. The van der Waals surface area contributed by atoms with Gasteiger partial charge in [0.1, 0.15) is 6.54 Å². The van der Waals surface area contributed by atoms with Crippen LogP contribution >= 0.6 is 0 Å². The van der Waals surface area contributed by atoms with Gasteiger partial charge in [0.15, 0.2) is 0 Å². The summed E-state index contributed by atoms with van der Waals surface area (Å²) in [7, 11) is 0. The fraction of sp³-hybridized carbons (Fsp3) is 0.111. The van der Waals surface area contributed by atoms with E-state index in [0.29, 0.717) is 28.7 Å². The van der Waals surface area contributed by atoms with Crippen molar-refractivity contribution in [2.45, 2.75) is 13.1 Å². The summed E-state index contributed by atoms with van der Waals surface area (Å²) in [6.45, 7) is 0.472. The maximum atomic E-state index is 12.3. The maximum absolute atomic E-state index is 12.3. The van der Waals surface area contributed by atoms with Crippen molar-refractivity contribution in [2.24, 2.45) is 0 Å². The average molecular weight is 334 g/mol. The van der Waals surface area contributed by atoms with E-state index in [9.17, 15) is 14.4 Å². The van der Waals surface area contributed by atoms with Crippen LogP contribution in [-0.4, -0.2) is 21.6 Å². The molecule has 2 aromatic carbocycles. The van der Waals surface area contributed by atoms with Gasteiger partial charge in [-0.25, -0.2) is 0 Å². The molecule has 1 aromatic heterocycles. The van der Waals surface area contributed by atoms with Gasteiger partial charge in [0.05, 0.1) is 11.7 Å². The summed E-state index contributed by atoms with van der Waals surface area (Å²) in [5.74, 6) is -0.432. The van der Waals surface area contributed by atoms with Gasteiger partial charge in [-0.15, -0.1) is 0 Å². The van der Waals surface area contributed by atoms with Crippen LogP contribution in [0.25, 0.3) is 10.9 Å². The maximum Gasteiger partial charge on any atom is 0.251 e. The molecule has 0 saturated carbocycles. The van der Waals surface area contributed by atoms with Gasteiger partial charge in [0.2, 0.25) is 11.3 Å². The molecule has 7 nitrogen and oxygen atoms in total. The van der Waals surface area contributed by atoms with Crippen LogP contribution < -0.4 is 16.1 Å². The van der Waals surface area contributed by atoms with E-state index in [0.717, 1.165) is 5.56 Å². The lowest BCUT2D eigenvalue weighted by atomic mass is 10.1. The Morgan fingerprint density at radius 1 is 1.20 bits per heavy atom. The molecular formula is C18H14N4O3. The number of hydrogen-bond acceptors (Lipinski definition) is 4. The molecule has 0 saturated heterocycles. The monoisotopic (exact) mass is 334 g/mol. The quantitative estimate of drug-likeness (QED) is 0.754. The second-order valence-electron chi connectivity index (χ2n) is 5.79. The standard InChI is InChI=1S/C18H14N4O3/c23-16-9-20-22(15-4-2-1-3-13(15)16)10-17(24)21-12-6-5-11-8-19-18(25)14(11)7-12/h1-7,9H,8,10H2,(H,19,25)(H,21,24). The fourth-order valence-electron chi connectivity index (χ4n) is 2.91. The molecular weight excluding hydrogens is 320 g/mol.